The van der Waals surface area contributed by atoms with Crippen molar-refractivity contribution in [2.75, 3.05) is 18.5 Å². The molecule has 1 amide bonds. The van der Waals surface area contributed by atoms with E-state index in [1.54, 1.807) is 0 Å². The summed E-state index contributed by atoms with van der Waals surface area (Å²) in [4.78, 5) is 19.6. The third-order valence-electron chi connectivity index (χ3n) is 7.35. The fourth-order valence-electron chi connectivity index (χ4n) is 5.15. The zero-order valence-electron chi connectivity index (χ0n) is 20.5. The SMILES string of the molecule is CC1(C)CC=C(c2cc(C3=C[C@@]4(CO)C=C[C@@](CO)(C3)O4)ccc2NC(=O)c2ncc(C#N)[nH]2)CC1. The summed E-state index contributed by atoms with van der Waals surface area (Å²) in [6.07, 6.45) is 12.5. The molecule has 0 saturated heterocycles. The van der Waals surface area contributed by atoms with Crippen LogP contribution in [0.3, 0.4) is 0 Å². The molecule has 0 saturated carbocycles. The Bertz CT molecular complexity index is 1350. The first-order valence-electron chi connectivity index (χ1n) is 12.1. The Morgan fingerprint density at radius 2 is 2.08 bits per heavy atom. The second kappa shape index (κ2) is 8.86. The van der Waals surface area contributed by atoms with Gasteiger partial charge in [-0.15, -0.1) is 0 Å². The first-order chi connectivity index (χ1) is 17.2. The smallest absolute Gasteiger partial charge is 0.291 e. The Labute approximate surface area is 210 Å². The molecule has 2 aliphatic heterocycles. The number of imidazole rings is 1. The minimum Gasteiger partial charge on any atom is -0.393 e. The summed E-state index contributed by atoms with van der Waals surface area (Å²) >= 11 is 0. The molecule has 2 bridgehead atoms. The quantitative estimate of drug-likeness (QED) is 0.457. The van der Waals surface area contributed by atoms with Gasteiger partial charge in [-0.1, -0.05) is 32.1 Å². The molecule has 3 aliphatic rings. The Morgan fingerprint density at radius 3 is 2.75 bits per heavy atom. The van der Waals surface area contributed by atoms with Crippen LogP contribution < -0.4 is 5.32 Å². The van der Waals surface area contributed by atoms with E-state index >= 15 is 0 Å². The molecule has 4 N–H and O–H groups in total. The highest BCUT2D eigenvalue weighted by molar-refractivity contribution is 6.03. The number of fused-ring (bicyclic) bond motifs is 2. The normalized spacial score (nSPS) is 26.2. The average Bonchev–Trinajstić information content (AvgIpc) is 3.47. The number of nitriles is 1. The lowest BCUT2D eigenvalue weighted by molar-refractivity contribution is -0.109. The molecule has 2 aromatic rings. The number of nitrogens with zero attached hydrogens (tertiary/aromatic N) is 2. The summed E-state index contributed by atoms with van der Waals surface area (Å²) in [5, 5.41) is 32.1. The lowest BCUT2D eigenvalue weighted by Gasteiger charge is -2.38. The fraction of sp³-hybridized carbons (Fsp3) is 0.393. The van der Waals surface area contributed by atoms with Crippen molar-refractivity contribution in [3.05, 3.63) is 71.3 Å². The van der Waals surface area contributed by atoms with E-state index in [4.69, 9.17) is 10.00 Å². The van der Waals surface area contributed by atoms with Gasteiger partial charge >= 0.3 is 0 Å². The van der Waals surface area contributed by atoms with Crippen molar-refractivity contribution in [2.24, 2.45) is 5.41 Å². The maximum Gasteiger partial charge on any atom is 0.291 e. The van der Waals surface area contributed by atoms with Gasteiger partial charge in [0.2, 0.25) is 0 Å². The molecular formula is C28H30N4O4. The molecule has 8 heteroatoms. The highest BCUT2D eigenvalue weighted by atomic mass is 16.5. The number of anilines is 1. The van der Waals surface area contributed by atoms with Crippen molar-refractivity contribution >= 4 is 22.7 Å². The first-order valence-corrected chi connectivity index (χ1v) is 12.1. The summed E-state index contributed by atoms with van der Waals surface area (Å²) in [6, 6.07) is 7.82. The monoisotopic (exact) mass is 486 g/mol. The first kappa shape index (κ1) is 24.2. The molecule has 1 aliphatic carbocycles. The topological polar surface area (TPSA) is 131 Å². The van der Waals surface area contributed by atoms with Crippen LogP contribution in [0, 0.1) is 16.7 Å². The van der Waals surface area contributed by atoms with Crippen LogP contribution in [0.1, 0.15) is 67.0 Å². The number of aliphatic hydroxyl groups is 2. The van der Waals surface area contributed by atoms with Crippen molar-refractivity contribution in [1.29, 1.82) is 5.26 Å². The second-order valence-electron chi connectivity index (χ2n) is 10.7. The third kappa shape index (κ3) is 4.42. The summed E-state index contributed by atoms with van der Waals surface area (Å²) in [5.41, 5.74) is 3.29. The molecule has 2 atom stereocenters. The van der Waals surface area contributed by atoms with Crippen LogP contribution in [-0.4, -0.2) is 50.5 Å². The van der Waals surface area contributed by atoms with Crippen LogP contribution in [0.15, 0.2) is 48.7 Å². The van der Waals surface area contributed by atoms with E-state index in [1.165, 1.54) is 6.20 Å². The molecule has 186 valence electrons. The summed E-state index contributed by atoms with van der Waals surface area (Å²) in [6.45, 7) is 4.10. The molecule has 1 aromatic heterocycles. The Kier molecular flexibility index (Phi) is 5.95. The lowest BCUT2D eigenvalue weighted by Crippen LogP contribution is -2.44. The molecule has 3 heterocycles. The van der Waals surface area contributed by atoms with Gasteiger partial charge in [0.25, 0.3) is 5.91 Å². The van der Waals surface area contributed by atoms with E-state index in [-0.39, 0.29) is 30.1 Å². The van der Waals surface area contributed by atoms with Crippen LogP contribution >= 0.6 is 0 Å². The number of hydrogen-bond donors (Lipinski definition) is 4. The van der Waals surface area contributed by atoms with Gasteiger partial charge in [-0.05, 0) is 65.7 Å². The van der Waals surface area contributed by atoms with Gasteiger partial charge in [0.15, 0.2) is 5.82 Å². The molecule has 0 spiro atoms. The minimum absolute atomic E-state index is 0.0740. The number of amides is 1. The number of aromatic amines is 1. The van der Waals surface area contributed by atoms with Gasteiger partial charge in [0.05, 0.1) is 19.4 Å². The number of benzene rings is 1. The predicted octanol–water partition coefficient (Wildman–Crippen LogP) is 3.96. The van der Waals surface area contributed by atoms with Crippen molar-refractivity contribution in [1.82, 2.24) is 9.97 Å². The molecule has 0 unspecified atom stereocenters. The molecular weight excluding hydrogens is 456 g/mol. The highest BCUT2D eigenvalue weighted by Gasteiger charge is 2.47. The number of H-pyrrole nitrogens is 1. The predicted molar refractivity (Wildman–Crippen MR) is 136 cm³/mol. The standard InChI is InChI=1S/C28H30N4O4/c1-26(2)7-5-18(6-8-26)22-11-19(20-12-27(16-33)9-10-28(13-20,17-34)36-27)3-4-23(22)32-25(35)24-30-15-21(14-29)31-24/h3-5,9-12,15,33-34H,6-8,13,16-17H2,1-2H3,(H,30,31)(H,32,35)/t27-,28+/m1/s1. The lowest BCUT2D eigenvalue weighted by atomic mass is 9.76. The van der Waals surface area contributed by atoms with Crippen molar-refractivity contribution in [3.8, 4) is 6.07 Å². The van der Waals surface area contributed by atoms with E-state index in [2.05, 4.69) is 41.3 Å². The molecule has 8 nitrogen and oxygen atoms in total. The number of nitrogens with one attached hydrogen (secondary N) is 2. The van der Waals surface area contributed by atoms with E-state index in [1.807, 2.05) is 36.4 Å². The van der Waals surface area contributed by atoms with E-state index < -0.39 is 17.1 Å². The number of ether oxygens (including phenoxy) is 1. The second-order valence-corrected chi connectivity index (χ2v) is 10.7. The Hall–Kier alpha value is -3.51. The van der Waals surface area contributed by atoms with Crippen molar-refractivity contribution in [3.63, 3.8) is 0 Å². The minimum atomic E-state index is -0.949. The van der Waals surface area contributed by atoms with E-state index in [0.29, 0.717) is 12.1 Å². The van der Waals surface area contributed by atoms with Gasteiger partial charge in [-0.25, -0.2) is 4.98 Å². The highest BCUT2D eigenvalue weighted by Crippen LogP contribution is 2.46. The number of hydrogen-bond acceptors (Lipinski definition) is 6. The number of rotatable bonds is 6. The maximum atomic E-state index is 12.9. The third-order valence-corrected chi connectivity index (χ3v) is 7.35. The molecule has 36 heavy (non-hydrogen) atoms. The fourth-order valence-corrected chi connectivity index (χ4v) is 5.15. The number of carbonyl (C=O) groups is 1. The van der Waals surface area contributed by atoms with Gasteiger partial charge in [0.1, 0.15) is 23.0 Å². The van der Waals surface area contributed by atoms with Gasteiger partial charge < -0.3 is 25.3 Å². The Morgan fingerprint density at radius 1 is 1.25 bits per heavy atom. The van der Waals surface area contributed by atoms with Crippen LogP contribution in [0.5, 0.6) is 0 Å². The van der Waals surface area contributed by atoms with E-state index in [9.17, 15) is 15.0 Å². The zero-order chi connectivity index (χ0) is 25.6. The summed E-state index contributed by atoms with van der Waals surface area (Å²) in [7, 11) is 0. The molecule has 1 aromatic carbocycles. The van der Waals surface area contributed by atoms with Crippen LogP contribution in [0.25, 0.3) is 11.1 Å². The molecule has 0 radical (unpaired) electrons. The van der Waals surface area contributed by atoms with Gasteiger partial charge in [0, 0.05) is 17.7 Å². The maximum absolute atomic E-state index is 12.9. The number of allylic oxidation sites excluding steroid dienone is 2. The van der Waals surface area contributed by atoms with Crippen LogP contribution in [-0.2, 0) is 4.74 Å². The molecule has 0 fully saturated rings. The van der Waals surface area contributed by atoms with Crippen molar-refractivity contribution in [2.45, 2.75) is 50.7 Å². The van der Waals surface area contributed by atoms with Crippen molar-refractivity contribution < 1.29 is 19.7 Å². The van der Waals surface area contributed by atoms with Gasteiger partial charge in [-0.3, -0.25) is 4.79 Å². The van der Waals surface area contributed by atoms with Gasteiger partial charge in [-0.2, -0.15) is 5.26 Å². The Balaban J connectivity index is 1.53. The summed E-state index contributed by atoms with van der Waals surface area (Å²) in [5.74, 6) is -0.349. The molecule has 5 rings (SSSR count). The summed E-state index contributed by atoms with van der Waals surface area (Å²) < 4.78 is 6.04. The van der Waals surface area contributed by atoms with Crippen LogP contribution in [0.2, 0.25) is 0 Å². The largest absolute Gasteiger partial charge is 0.393 e. The number of aromatic nitrogens is 2. The average molecular weight is 487 g/mol. The number of aliphatic hydroxyl groups excluding tert-OH is 2. The number of carbonyl (C=O) groups excluding carboxylic acids is 1. The van der Waals surface area contributed by atoms with E-state index in [0.717, 1.165) is 41.5 Å². The van der Waals surface area contributed by atoms with Crippen LogP contribution in [0.4, 0.5) is 5.69 Å². The zero-order valence-corrected chi connectivity index (χ0v) is 20.5.